The van der Waals surface area contributed by atoms with E-state index in [0.29, 0.717) is 0 Å². The van der Waals surface area contributed by atoms with Crippen molar-refractivity contribution in [3.63, 3.8) is 0 Å². The monoisotopic (exact) mass is 238 g/mol. The van der Waals surface area contributed by atoms with Crippen LogP contribution in [0.5, 0.6) is 0 Å². The zero-order chi connectivity index (χ0) is 11.5. The molecule has 1 fully saturated rings. The number of benzene rings is 1. The molecule has 1 saturated heterocycles. The molecule has 1 aromatic carbocycles. The van der Waals surface area contributed by atoms with Crippen molar-refractivity contribution in [2.45, 2.75) is 26.2 Å². The van der Waals surface area contributed by atoms with Crippen molar-refractivity contribution < 1.29 is 0 Å². The summed E-state index contributed by atoms with van der Waals surface area (Å²) in [5.41, 5.74) is 7.83. The second kappa shape index (κ2) is 4.96. The van der Waals surface area contributed by atoms with Crippen LogP contribution in [-0.4, -0.2) is 13.1 Å². The van der Waals surface area contributed by atoms with Gasteiger partial charge in [0.25, 0.3) is 0 Å². The first kappa shape index (κ1) is 11.6. The number of nitrogen functional groups attached to an aromatic ring is 1. The summed E-state index contributed by atoms with van der Waals surface area (Å²) in [7, 11) is 0. The van der Waals surface area contributed by atoms with Crippen LogP contribution in [0, 0.1) is 5.92 Å². The molecule has 1 aromatic rings. The minimum absolute atomic E-state index is 0.773. The van der Waals surface area contributed by atoms with Crippen molar-refractivity contribution in [2.75, 3.05) is 23.7 Å². The van der Waals surface area contributed by atoms with E-state index in [9.17, 15) is 0 Å². The molecule has 2 N–H and O–H groups in total. The third-order valence-electron chi connectivity index (χ3n) is 3.35. The molecule has 0 spiro atoms. The number of nitrogens with two attached hydrogens (primary N) is 1. The summed E-state index contributed by atoms with van der Waals surface area (Å²) < 4.78 is 0. The van der Waals surface area contributed by atoms with E-state index in [1.807, 2.05) is 18.2 Å². The molecule has 0 amide bonds. The average Bonchev–Trinajstić information content (AvgIpc) is 2.44. The molecule has 0 radical (unpaired) electrons. The van der Waals surface area contributed by atoms with Crippen molar-refractivity contribution >= 4 is 23.0 Å². The molecular weight excluding hydrogens is 220 g/mol. The van der Waals surface area contributed by atoms with Gasteiger partial charge in [0.15, 0.2) is 0 Å². The molecule has 1 aliphatic rings. The number of nitrogens with zero attached hydrogens (tertiary/aromatic N) is 1. The highest BCUT2D eigenvalue weighted by Gasteiger charge is 2.17. The van der Waals surface area contributed by atoms with E-state index in [2.05, 4.69) is 11.8 Å². The number of halogens is 1. The summed E-state index contributed by atoms with van der Waals surface area (Å²) in [5, 5.41) is 0.773. The van der Waals surface area contributed by atoms with Crippen molar-refractivity contribution in [1.82, 2.24) is 0 Å². The number of rotatable bonds is 1. The first-order valence-electron chi connectivity index (χ1n) is 5.97. The van der Waals surface area contributed by atoms with Crippen LogP contribution in [0.15, 0.2) is 18.2 Å². The zero-order valence-electron chi connectivity index (χ0n) is 9.75. The Kier molecular flexibility index (Phi) is 3.59. The molecule has 0 aliphatic carbocycles. The summed E-state index contributed by atoms with van der Waals surface area (Å²) in [5.74, 6) is 0.814. The highest BCUT2D eigenvalue weighted by atomic mass is 35.5. The van der Waals surface area contributed by atoms with Crippen LogP contribution in [0.3, 0.4) is 0 Å². The second-order valence-electron chi connectivity index (χ2n) is 4.70. The maximum absolute atomic E-state index is 6.23. The van der Waals surface area contributed by atoms with Gasteiger partial charge in [-0.2, -0.15) is 0 Å². The molecule has 1 aliphatic heterocycles. The van der Waals surface area contributed by atoms with Crippen LogP contribution < -0.4 is 10.6 Å². The first-order valence-corrected chi connectivity index (χ1v) is 6.35. The Morgan fingerprint density at radius 1 is 1.31 bits per heavy atom. The van der Waals surface area contributed by atoms with Gasteiger partial charge in [0.1, 0.15) is 0 Å². The molecule has 3 heteroatoms. The highest BCUT2D eigenvalue weighted by Crippen LogP contribution is 2.33. The predicted molar refractivity (Wildman–Crippen MR) is 71.1 cm³/mol. The lowest BCUT2D eigenvalue weighted by molar-refractivity contribution is 0.521. The molecule has 1 heterocycles. The number of hydrogen-bond donors (Lipinski definition) is 1. The second-order valence-corrected chi connectivity index (χ2v) is 5.11. The Hall–Kier alpha value is -0.890. The van der Waals surface area contributed by atoms with Gasteiger partial charge < -0.3 is 10.6 Å². The lowest BCUT2D eigenvalue weighted by Gasteiger charge is -2.25. The van der Waals surface area contributed by atoms with Crippen LogP contribution >= 0.6 is 11.6 Å². The summed E-state index contributed by atoms with van der Waals surface area (Å²) >= 11 is 6.23. The summed E-state index contributed by atoms with van der Waals surface area (Å²) in [4.78, 5) is 2.33. The van der Waals surface area contributed by atoms with Gasteiger partial charge in [0.05, 0.1) is 16.4 Å². The molecule has 0 bridgehead atoms. The van der Waals surface area contributed by atoms with Gasteiger partial charge >= 0.3 is 0 Å². The van der Waals surface area contributed by atoms with E-state index >= 15 is 0 Å². The van der Waals surface area contributed by atoms with E-state index in [1.54, 1.807) is 0 Å². The summed E-state index contributed by atoms with van der Waals surface area (Å²) in [6.45, 7) is 4.45. The minimum atomic E-state index is 0.773. The Bertz CT molecular complexity index is 345. The maximum Gasteiger partial charge on any atom is 0.0789 e. The van der Waals surface area contributed by atoms with E-state index in [-0.39, 0.29) is 0 Å². The van der Waals surface area contributed by atoms with Gasteiger partial charge in [-0.25, -0.2) is 0 Å². The maximum atomic E-state index is 6.23. The van der Waals surface area contributed by atoms with Crippen molar-refractivity contribution in [3.05, 3.63) is 23.2 Å². The van der Waals surface area contributed by atoms with Gasteiger partial charge in [-0.3, -0.25) is 0 Å². The lowest BCUT2D eigenvalue weighted by atomic mass is 10.0. The average molecular weight is 239 g/mol. The Morgan fingerprint density at radius 3 is 2.88 bits per heavy atom. The van der Waals surface area contributed by atoms with Gasteiger partial charge in [0.2, 0.25) is 0 Å². The Labute approximate surface area is 102 Å². The highest BCUT2D eigenvalue weighted by molar-refractivity contribution is 6.34. The third-order valence-corrected chi connectivity index (χ3v) is 3.66. The molecule has 2 rings (SSSR count). The molecule has 88 valence electrons. The zero-order valence-corrected chi connectivity index (χ0v) is 10.5. The number of hydrogen-bond acceptors (Lipinski definition) is 2. The van der Waals surface area contributed by atoms with Crippen LogP contribution in [0.25, 0.3) is 0 Å². The summed E-state index contributed by atoms with van der Waals surface area (Å²) in [6, 6.07) is 5.75. The molecular formula is C13H19ClN2. The molecule has 1 atom stereocenters. The standard InChI is InChI=1S/C13H19ClN2/c1-10-4-3-8-16(9-7-10)13-11(14)5-2-6-12(13)15/h2,5-6,10H,3-4,7-9,15H2,1H3. The SMILES string of the molecule is CC1CCCN(c2c(N)cccc2Cl)CC1. The smallest absolute Gasteiger partial charge is 0.0789 e. The normalized spacial score (nSPS) is 21.9. The van der Waals surface area contributed by atoms with Gasteiger partial charge in [-0.15, -0.1) is 0 Å². The number of anilines is 2. The van der Waals surface area contributed by atoms with Gasteiger partial charge in [0, 0.05) is 13.1 Å². The topological polar surface area (TPSA) is 29.3 Å². The van der Waals surface area contributed by atoms with Crippen LogP contribution in [-0.2, 0) is 0 Å². The van der Waals surface area contributed by atoms with Crippen molar-refractivity contribution in [2.24, 2.45) is 5.92 Å². The Morgan fingerprint density at radius 2 is 2.12 bits per heavy atom. The quantitative estimate of drug-likeness (QED) is 0.759. The molecule has 1 unspecified atom stereocenters. The third kappa shape index (κ3) is 2.43. The van der Waals surface area contributed by atoms with E-state index in [4.69, 9.17) is 17.3 Å². The van der Waals surface area contributed by atoms with E-state index < -0.39 is 0 Å². The summed E-state index contributed by atoms with van der Waals surface area (Å²) in [6.07, 6.45) is 3.76. The van der Waals surface area contributed by atoms with Gasteiger partial charge in [-0.05, 0) is 37.3 Å². The fourth-order valence-corrected chi connectivity index (χ4v) is 2.65. The molecule has 0 saturated carbocycles. The van der Waals surface area contributed by atoms with E-state index in [0.717, 1.165) is 35.4 Å². The fraction of sp³-hybridized carbons (Fsp3) is 0.538. The predicted octanol–water partition coefficient (Wildman–Crippen LogP) is 3.55. The molecule has 0 aromatic heterocycles. The van der Waals surface area contributed by atoms with Crippen LogP contribution in [0.4, 0.5) is 11.4 Å². The largest absolute Gasteiger partial charge is 0.397 e. The van der Waals surface area contributed by atoms with Crippen molar-refractivity contribution in [1.29, 1.82) is 0 Å². The fourth-order valence-electron chi connectivity index (χ4n) is 2.35. The Balaban J connectivity index is 2.23. The van der Waals surface area contributed by atoms with E-state index in [1.165, 1.54) is 19.3 Å². The van der Waals surface area contributed by atoms with Crippen LogP contribution in [0.2, 0.25) is 5.02 Å². The minimum Gasteiger partial charge on any atom is -0.397 e. The first-order chi connectivity index (χ1) is 7.68. The van der Waals surface area contributed by atoms with Crippen LogP contribution in [0.1, 0.15) is 26.2 Å². The molecule has 2 nitrogen and oxygen atoms in total. The molecule has 16 heavy (non-hydrogen) atoms. The van der Waals surface area contributed by atoms with Gasteiger partial charge in [-0.1, -0.05) is 24.6 Å². The number of para-hydroxylation sites is 1. The lowest BCUT2D eigenvalue weighted by Crippen LogP contribution is -2.25. The van der Waals surface area contributed by atoms with Crippen molar-refractivity contribution in [3.8, 4) is 0 Å².